The predicted molar refractivity (Wildman–Crippen MR) is 151 cm³/mol. The van der Waals surface area contributed by atoms with E-state index in [1.807, 2.05) is 6.92 Å². The summed E-state index contributed by atoms with van der Waals surface area (Å²) < 4.78 is 6.80. The van der Waals surface area contributed by atoms with Gasteiger partial charge >= 0.3 is 0 Å². The summed E-state index contributed by atoms with van der Waals surface area (Å²) in [6.45, 7) is 20.4. The Morgan fingerprint density at radius 2 is 1.37 bits per heavy atom. The molecule has 0 aromatic heterocycles. The summed E-state index contributed by atoms with van der Waals surface area (Å²) in [5.41, 5.74) is 2.82. The number of carbonyl (C=O) groups is 1. The van der Waals surface area contributed by atoms with Gasteiger partial charge in [0.1, 0.15) is 11.4 Å². The number of unbranched alkanes of at least 4 members (excludes halogenated alkanes) is 1. The van der Waals surface area contributed by atoms with E-state index in [9.17, 15) is 4.79 Å². The molecule has 0 aromatic rings. The lowest BCUT2D eigenvalue weighted by molar-refractivity contribution is -0.124. The van der Waals surface area contributed by atoms with E-state index in [0.29, 0.717) is 5.78 Å². The number of hydrogen-bond donors (Lipinski definition) is 0. The monoisotopic (exact) mass is 486 g/mol. The molecule has 1 aliphatic carbocycles. The van der Waals surface area contributed by atoms with Gasteiger partial charge in [-0.05, 0) is 94.3 Å². The van der Waals surface area contributed by atoms with E-state index < -0.39 is 0 Å². The molecule has 0 bridgehead atoms. The van der Waals surface area contributed by atoms with Gasteiger partial charge in [0.25, 0.3) is 0 Å². The summed E-state index contributed by atoms with van der Waals surface area (Å²) in [6.07, 6.45) is 17.2. The van der Waals surface area contributed by atoms with E-state index >= 15 is 0 Å². The predicted octanol–water partition coefficient (Wildman–Crippen LogP) is 10.4. The second-order valence-corrected chi connectivity index (χ2v) is 13.2. The molecule has 0 radical (unpaired) electrons. The van der Waals surface area contributed by atoms with E-state index in [-0.39, 0.29) is 11.0 Å². The highest BCUT2D eigenvalue weighted by molar-refractivity contribution is 6.04. The zero-order valence-corrected chi connectivity index (χ0v) is 24.9. The minimum Gasteiger partial charge on any atom is -0.487 e. The zero-order chi connectivity index (χ0) is 26.2. The number of carbonyl (C=O) groups excluding carboxylic acids is 1. The molecule has 0 N–H and O–H groups in total. The molecule has 2 nitrogen and oxygen atoms in total. The van der Waals surface area contributed by atoms with Crippen LogP contribution in [0.4, 0.5) is 0 Å². The molecule has 1 heterocycles. The van der Waals surface area contributed by atoms with Crippen molar-refractivity contribution >= 4 is 5.78 Å². The van der Waals surface area contributed by atoms with Crippen LogP contribution in [-0.4, -0.2) is 11.4 Å². The number of allylic oxidation sites excluding steroid dienone is 3. The minimum absolute atomic E-state index is 0.100. The van der Waals surface area contributed by atoms with Crippen LogP contribution in [0.3, 0.4) is 0 Å². The quantitative estimate of drug-likeness (QED) is 0.230. The second kappa shape index (κ2) is 13.5. The van der Waals surface area contributed by atoms with E-state index in [1.54, 1.807) is 0 Å². The van der Waals surface area contributed by atoms with Crippen molar-refractivity contribution in [3.63, 3.8) is 0 Å². The molecule has 0 spiro atoms. The van der Waals surface area contributed by atoms with Gasteiger partial charge < -0.3 is 4.74 Å². The molecular formula is C33H58O2. The number of Topliss-reactive ketones (excluding diaryl/α,β-unsaturated/α-hetero) is 1. The van der Waals surface area contributed by atoms with Gasteiger partial charge in [-0.15, -0.1) is 0 Å². The first kappa shape index (κ1) is 30.2. The molecular weight excluding hydrogens is 428 g/mol. The van der Waals surface area contributed by atoms with Crippen molar-refractivity contribution < 1.29 is 9.53 Å². The average Bonchev–Trinajstić information content (AvgIpc) is 2.80. The Labute approximate surface area is 218 Å². The van der Waals surface area contributed by atoms with Crippen LogP contribution in [0, 0.1) is 23.2 Å². The molecule has 2 rings (SSSR count). The topological polar surface area (TPSA) is 26.3 Å². The van der Waals surface area contributed by atoms with Crippen LogP contribution in [0.25, 0.3) is 0 Å². The van der Waals surface area contributed by atoms with Gasteiger partial charge in [-0.3, -0.25) is 4.79 Å². The lowest BCUT2D eigenvalue weighted by Crippen LogP contribution is -2.42. The van der Waals surface area contributed by atoms with E-state index in [4.69, 9.17) is 4.74 Å². The van der Waals surface area contributed by atoms with Crippen molar-refractivity contribution in [2.45, 2.75) is 158 Å². The van der Waals surface area contributed by atoms with Gasteiger partial charge in [0.2, 0.25) is 0 Å². The first-order valence-corrected chi connectivity index (χ1v) is 15.1. The standard InChI is InChI=1S/C33H58O2/c1-10-11-22-33(9)29-20-23-32(8,35-30(29)27(6)28(7)31(33)34)21-14-19-26(5)18-13-17-25(4)16-12-15-24(2)3/h24-26H,10-23H2,1-9H3/t25-,26-,32-,33?/m1/s1. The minimum atomic E-state index is -0.364. The van der Waals surface area contributed by atoms with Gasteiger partial charge in [0.05, 0.1) is 5.41 Å². The van der Waals surface area contributed by atoms with Crippen LogP contribution in [-0.2, 0) is 9.53 Å². The molecule has 0 amide bonds. The van der Waals surface area contributed by atoms with E-state index in [0.717, 1.165) is 73.2 Å². The van der Waals surface area contributed by atoms with Crippen LogP contribution in [0.15, 0.2) is 22.5 Å². The normalized spacial score (nSPS) is 26.7. The SMILES string of the molecule is CCCCC1(C)C(=O)C(C)=C(C)C2=C1CC[C@@](C)(CCC[C@H](C)CCC[C@H](C)CCCC(C)C)O2. The number of hydrogen-bond acceptors (Lipinski definition) is 2. The molecule has 4 atom stereocenters. The number of ketones is 1. The Morgan fingerprint density at radius 3 is 1.94 bits per heavy atom. The van der Waals surface area contributed by atoms with E-state index in [1.165, 1.54) is 56.9 Å². The molecule has 35 heavy (non-hydrogen) atoms. The molecule has 0 fully saturated rings. The van der Waals surface area contributed by atoms with Crippen molar-refractivity contribution in [2.24, 2.45) is 23.2 Å². The molecule has 1 aliphatic heterocycles. The molecule has 1 unspecified atom stereocenters. The molecule has 0 saturated heterocycles. The Morgan fingerprint density at radius 1 is 0.800 bits per heavy atom. The summed E-state index contributed by atoms with van der Waals surface area (Å²) in [7, 11) is 0. The summed E-state index contributed by atoms with van der Waals surface area (Å²) in [6, 6.07) is 0. The maximum Gasteiger partial charge on any atom is 0.169 e. The summed E-state index contributed by atoms with van der Waals surface area (Å²) in [5.74, 6) is 3.91. The lowest BCUT2D eigenvalue weighted by atomic mass is 9.65. The van der Waals surface area contributed by atoms with Gasteiger partial charge in [-0.2, -0.15) is 0 Å². The molecule has 2 aliphatic rings. The van der Waals surface area contributed by atoms with Gasteiger partial charge in [0.15, 0.2) is 5.78 Å². The third kappa shape index (κ3) is 8.22. The average molecular weight is 487 g/mol. The Balaban J connectivity index is 1.85. The highest BCUT2D eigenvalue weighted by Crippen LogP contribution is 2.51. The third-order valence-electron chi connectivity index (χ3n) is 9.24. The smallest absolute Gasteiger partial charge is 0.169 e. The molecule has 2 heteroatoms. The first-order chi connectivity index (χ1) is 16.4. The van der Waals surface area contributed by atoms with Crippen molar-refractivity contribution in [3.05, 3.63) is 22.5 Å². The van der Waals surface area contributed by atoms with Crippen molar-refractivity contribution in [3.8, 4) is 0 Å². The van der Waals surface area contributed by atoms with Crippen LogP contribution < -0.4 is 0 Å². The van der Waals surface area contributed by atoms with Crippen LogP contribution in [0.2, 0.25) is 0 Å². The number of ether oxygens (including phenoxy) is 1. The Kier molecular flexibility index (Phi) is 11.6. The highest BCUT2D eigenvalue weighted by Gasteiger charge is 2.47. The van der Waals surface area contributed by atoms with Crippen LogP contribution >= 0.6 is 0 Å². The molecule has 202 valence electrons. The first-order valence-electron chi connectivity index (χ1n) is 15.1. The molecule has 0 aromatic carbocycles. The second-order valence-electron chi connectivity index (χ2n) is 13.2. The largest absolute Gasteiger partial charge is 0.487 e. The summed E-state index contributed by atoms with van der Waals surface area (Å²) in [4.78, 5) is 13.3. The Bertz CT molecular complexity index is 757. The summed E-state index contributed by atoms with van der Waals surface area (Å²) in [5, 5.41) is 0. The van der Waals surface area contributed by atoms with Crippen molar-refractivity contribution in [2.75, 3.05) is 0 Å². The molecule has 0 saturated carbocycles. The van der Waals surface area contributed by atoms with Gasteiger partial charge in [0, 0.05) is 0 Å². The summed E-state index contributed by atoms with van der Waals surface area (Å²) >= 11 is 0. The fourth-order valence-electron chi connectivity index (χ4n) is 6.36. The fourth-order valence-corrected chi connectivity index (χ4v) is 6.36. The van der Waals surface area contributed by atoms with Crippen molar-refractivity contribution in [1.29, 1.82) is 0 Å². The van der Waals surface area contributed by atoms with E-state index in [2.05, 4.69) is 55.4 Å². The maximum atomic E-state index is 13.3. The fraction of sp³-hybridized carbons (Fsp3) is 0.848. The van der Waals surface area contributed by atoms with Crippen LogP contribution in [0.5, 0.6) is 0 Å². The Hall–Kier alpha value is -1.05. The lowest BCUT2D eigenvalue weighted by Gasteiger charge is -2.45. The van der Waals surface area contributed by atoms with Gasteiger partial charge in [-0.1, -0.05) is 92.4 Å². The van der Waals surface area contributed by atoms with Crippen LogP contribution in [0.1, 0.15) is 152 Å². The van der Waals surface area contributed by atoms with Crippen molar-refractivity contribution in [1.82, 2.24) is 0 Å². The zero-order valence-electron chi connectivity index (χ0n) is 24.9. The van der Waals surface area contributed by atoms with Gasteiger partial charge in [-0.25, -0.2) is 0 Å². The maximum absolute atomic E-state index is 13.3. The third-order valence-corrected chi connectivity index (χ3v) is 9.24. The highest BCUT2D eigenvalue weighted by atomic mass is 16.5. The number of rotatable bonds is 15.